The number of hydrogen-bond donors (Lipinski definition) is 2. The lowest BCUT2D eigenvalue weighted by Crippen LogP contribution is -1.92. The van der Waals surface area contributed by atoms with Gasteiger partial charge < -0.3 is 15.0 Å². The molecule has 5 nitrogen and oxygen atoms in total. The number of ketones is 1. The van der Waals surface area contributed by atoms with Gasteiger partial charge >= 0.3 is 11.9 Å². The summed E-state index contributed by atoms with van der Waals surface area (Å²) in [5, 5.41) is 15.5. The molecule has 0 saturated carbocycles. The number of aliphatic carboxylic acids is 2. The number of hydrogen-bond acceptors (Lipinski definition) is 3. The molecule has 0 aromatic rings. The van der Waals surface area contributed by atoms with Gasteiger partial charge in [0.2, 0.25) is 0 Å². The van der Waals surface area contributed by atoms with Crippen LogP contribution in [0.3, 0.4) is 0 Å². The first kappa shape index (κ1) is 18.8. The summed E-state index contributed by atoms with van der Waals surface area (Å²) >= 11 is 0. The van der Waals surface area contributed by atoms with E-state index in [4.69, 9.17) is 10.2 Å². The van der Waals surface area contributed by atoms with Crippen LogP contribution < -0.4 is 0 Å². The molecule has 0 aromatic carbocycles. The molecule has 0 aliphatic heterocycles. The lowest BCUT2D eigenvalue weighted by atomic mass is 10.4. The van der Waals surface area contributed by atoms with Crippen molar-refractivity contribution < 1.29 is 24.6 Å². The van der Waals surface area contributed by atoms with E-state index >= 15 is 0 Å². The van der Waals surface area contributed by atoms with Crippen LogP contribution in [0.2, 0.25) is 0 Å². The van der Waals surface area contributed by atoms with E-state index < -0.39 is 11.9 Å². The molecule has 0 radical (unpaired) electrons. The normalized spacial score (nSPS) is 6.87. The quantitative estimate of drug-likeness (QED) is 0.682. The van der Waals surface area contributed by atoms with Gasteiger partial charge in [0.25, 0.3) is 0 Å². The van der Waals surface area contributed by atoms with Crippen molar-refractivity contribution in [2.24, 2.45) is 0 Å². The molecule has 0 bridgehead atoms. The van der Waals surface area contributed by atoms with E-state index in [-0.39, 0.29) is 11.4 Å². The van der Waals surface area contributed by atoms with Crippen molar-refractivity contribution >= 4 is 17.7 Å². The Morgan fingerprint density at radius 3 is 1.20 bits per heavy atom. The molecule has 86 valence electrons. The summed E-state index contributed by atoms with van der Waals surface area (Å²) < 4.78 is 0. The van der Waals surface area contributed by atoms with Crippen molar-refractivity contribution in [2.75, 3.05) is 0 Å². The third-order valence-electron chi connectivity index (χ3n) is 0.540. The zero-order valence-electron chi connectivity index (χ0n) is 9.11. The number of carbonyl (C=O) groups excluding carboxylic acids is 1. The summed E-state index contributed by atoms with van der Waals surface area (Å²) in [7, 11) is 0. The SMILES string of the molecule is C=C(C)C(=O)O.C=CC(=O)O.CC(C)=O. The van der Waals surface area contributed by atoms with Crippen LogP contribution in [0.1, 0.15) is 20.8 Å². The highest BCUT2D eigenvalue weighted by Crippen LogP contribution is 1.81. The van der Waals surface area contributed by atoms with E-state index in [1.807, 2.05) is 0 Å². The molecule has 2 N–H and O–H groups in total. The molecule has 0 aliphatic rings. The van der Waals surface area contributed by atoms with Crippen LogP contribution in [0.5, 0.6) is 0 Å². The summed E-state index contributed by atoms with van der Waals surface area (Å²) in [6.45, 7) is 10.6. The molecule has 0 unspecified atom stereocenters. The predicted octanol–water partition coefficient (Wildman–Crippen LogP) is 1.50. The Morgan fingerprint density at radius 1 is 1.07 bits per heavy atom. The monoisotopic (exact) mass is 216 g/mol. The van der Waals surface area contributed by atoms with Crippen LogP contribution in [0.4, 0.5) is 0 Å². The van der Waals surface area contributed by atoms with E-state index in [0.29, 0.717) is 0 Å². The van der Waals surface area contributed by atoms with Crippen molar-refractivity contribution in [3.05, 3.63) is 24.8 Å². The van der Waals surface area contributed by atoms with Crippen LogP contribution in [-0.4, -0.2) is 27.9 Å². The highest BCUT2D eigenvalue weighted by Gasteiger charge is 1.90. The Hall–Kier alpha value is -1.91. The summed E-state index contributed by atoms with van der Waals surface area (Å²) in [6.07, 6.45) is 0.833. The van der Waals surface area contributed by atoms with Gasteiger partial charge in [-0.05, 0) is 20.8 Å². The second kappa shape index (κ2) is 12.1. The van der Waals surface area contributed by atoms with Gasteiger partial charge in [-0.3, -0.25) is 0 Å². The molecule has 0 rings (SSSR count). The van der Waals surface area contributed by atoms with Gasteiger partial charge in [-0.25, -0.2) is 9.59 Å². The number of Topliss-reactive ketones (excluding diaryl/α,β-unsaturated/α-hetero) is 1. The van der Waals surface area contributed by atoms with Crippen molar-refractivity contribution in [1.82, 2.24) is 0 Å². The molecular weight excluding hydrogens is 200 g/mol. The highest BCUT2D eigenvalue weighted by molar-refractivity contribution is 5.84. The number of carbonyl (C=O) groups is 3. The first-order valence-electron chi connectivity index (χ1n) is 3.86. The molecule has 0 aromatic heterocycles. The van der Waals surface area contributed by atoms with Gasteiger partial charge in [-0.1, -0.05) is 13.2 Å². The minimum Gasteiger partial charge on any atom is -0.478 e. The minimum absolute atomic E-state index is 0.167. The van der Waals surface area contributed by atoms with Gasteiger partial charge in [0, 0.05) is 11.6 Å². The lowest BCUT2D eigenvalue weighted by Gasteiger charge is -1.79. The van der Waals surface area contributed by atoms with E-state index in [0.717, 1.165) is 6.08 Å². The molecule has 0 fully saturated rings. The average molecular weight is 216 g/mol. The largest absolute Gasteiger partial charge is 0.478 e. The molecule has 0 atom stereocenters. The van der Waals surface area contributed by atoms with Crippen LogP contribution in [-0.2, 0) is 14.4 Å². The summed E-state index contributed by atoms with van der Waals surface area (Å²) in [5.74, 6) is -1.75. The molecule has 0 heterocycles. The topological polar surface area (TPSA) is 91.7 Å². The zero-order chi connectivity index (χ0) is 13.0. The maximum atomic E-state index is 9.60. The maximum absolute atomic E-state index is 9.60. The van der Waals surface area contributed by atoms with Crippen LogP contribution >= 0.6 is 0 Å². The molecule has 0 saturated heterocycles. The standard InChI is InChI=1S/C4H6O2.C3H4O2.C3H6O/c1-3(2)4(5)6;1-2-3(4)5;1-3(2)4/h1H2,2H3,(H,5,6);2H,1H2,(H,4,5);1-2H3. The fourth-order valence-corrected chi connectivity index (χ4v) is 0. The van der Waals surface area contributed by atoms with Gasteiger partial charge in [-0.15, -0.1) is 0 Å². The van der Waals surface area contributed by atoms with Crippen molar-refractivity contribution in [3.63, 3.8) is 0 Å². The Morgan fingerprint density at radius 2 is 1.20 bits per heavy atom. The Labute approximate surface area is 88.7 Å². The third-order valence-corrected chi connectivity index (χ3v) is 0.540. The van der Waals surface area contributed by atoms with Crippen LogP contribution in [0, 0.1) is 0 Å². The molecule has 0 amide bonds. The highest BCUT2D eigenvalue weighted by atomic mass is 16.4. The second-order valence-electron chi connectivity index (χ2n) is 2.54. The fourth-order valence-electron chi connectivity index (χ4n) is 0. The molecule has 15 heavy (non-hydrogen) atoms. The summed E-state index contributed by atoms with van der Waals surface area (Å²) in [6, 6.07) is 0. The summed E-state index contributed by atoms with van der Waals surface area (Å²) in [4.78, 5) is 28.3. The number of carboxylic acids is 2. The third kappa shape index (κ3) is 73.6. The maximum Gasteiger partial charge on any atom is 0.330 e. The fraction of sp³-hybridized carbons (Fsp3) is 0.300. The van der Waals surface area contributed by atoms with Gasteiger partial charge in [0.1, 0.15) is 5.78 Å². The van der Waals surface area contributed by atoms with E-state index in [9.17, 15) is 14.4 Å². The first-order valence-corrected chi connectivity index (χ1v) is 3.86. The number of rotatable bonds is 2. The summed E-state index contributed by atoms with van der Waals surface area (Å²) in [5.41, 5.74) is 0.176. The molecular formula is C10H16O5. The second-order valence-corrected chi connectivity index (χ2v) is 2.54. The smallest absolute Gasteiger partial charge is 0.330 e. The van der Waals surface area contributed by atoms with Crippen molar-refractivity contribution in [2.45, 2.75) is 20.8 Å². The predicted molar refractivity (Wildman–Crippen MR) is 56.6 cm³/mol. The number of carboxylic acid groups (broad SMARTS) is 2. The van der Waals surface area contributed by atoms with Crippen molar-refractivity contribution in [3.8, 4) is 0 Å². The Bertz CT molecular complexity index is 237. The van der Waals surface area contributed by atoms with Crippen LogP contribution in [0.15, 0.2) is 24.8 Å². The van der Waals surface area contributed by atoms with Gasteiger partial charge in [-0.2, -0.15) is 0 Å². The molecule has 5 heteroatoms. The van der Waals surface area contributed by atoms with Gasteiger partial charge in [0.15, 0.2) is 0 Å². The lowest BCUT2D eigenvalue weighted by molar-refractivity contribution is -0.133. The Balaban J connectivity index is -0.000000147. The average Bonchev–Trinajstić information content (AvgIpc) is 2.04. The van der Waals surface area contributed by atoms with Gasteiger partial charge in [0.05, 0.1) is 0 Å². The van der Waals surface area contributed by atoms with Crippen LogP contribution in [0.25, 0.3) is 0 Å². The van der Waals surface area contributed by atoms with E-state index in [1.54, 1.807) is 0 Å². The first-order chi connectivity index (χ1) is 6.64. The minimum atomic E-state index is -0.981. The van der Waals surface area contributed by atoms with E-state index in [1.165, 1.54) is 20.8 Å². The Kier molecular flexibility index (Phi) is 15.1. The van der Waals surface area contributed by atoms with Crippen molar-refractivity contribution in [1.29, 1.82) is 0 Å². The molecule has 0 aliphatic carbocycles. The zero-order valence-corrected chi connectivity index (χ0v) is 9.11. The molecule has 0 spiro atoms. The van der Waals surface area contributed by atoms with E-state index in [2.05, 4.69) is 13.2 Å².